The van der Waals surface area contributed by atoms with Crippen LogP contribution in [-0.4, -0.2) is 31.3 Å². The standard InChI is InChI=1S/C10H19NO/c1-10(8-11(2)3)6-4-9(12)5-7-10/h4-8H2,1-3H3. The number of ketones is 1. The van der Waals surface area contributed by atoms with Crippen LogP contribution < -0.4 is 0 Å². The normalized spacial score (nSPS) is 23.2. The lowest BCUT2D eigenvalue weighted by molar-refractivity contribution is -0.122. The van der Waals surface area contributed by atoms with Gasteiger partial charge >= 0.3 is 0 Å². The van der Waals surface area contributed by atoms with E-state index in [1.165, 1.54) is 0 Å². The molecule has 0 N–H and O–H groups in total. The smallest absolute Gasteiger partial charge is 0.132 e. The van der Waals surface area contributed by atoms with E-state index in [-0.39, 0.29) is 0 Å². The summed E-state index contributed by atoms with van der Waals surface area (Å²) in [4.78, 5) is 13.2. The fourth-order valence-corrected chi connectivity index (χ4v) is 2.05. The van der Waals surface area contributed by atoms with E-state index in [4.69, 9.17) is 0 Å². The highest BCUT2D eigenvalue weighted by Crippen LogP contribution is 2.34. The molecule has 0 spiro atoms. The first-order valence-electron chi connectivity index (χ1n) is 4.68. The Hall–Kier alpha value is -0.370. The van der Waals surface area contributed by atoms with Gasteiger partial charge in [-0.2, -0.15) is 0 Å². The molecule has 1 saturated carbocycles. The van der Waals surface area contributed by atoms with E-state index in [1.54, 1.807) is 0 Å². The van der Waals surface area contributed by atoms with Gasteiger partial charge in [0.25, 0.3) is 0 Å². The van der Waals surface area contributed by atoms with Gasteiger partial charge in [-0.05, 0) is 32.4 Å². The van der Waals surface area contributed by atoms with Crippen molar-refractivity contribution in [2.75, 3.05) is 20.6 Å². The molecule has 0 bridgehead atoms. The monoisotopic (exact) mass is 169 g/mol. The highest BCUT2D eigenvalue weighted by molar-refractivity contribution is 5.79. The van der Waals surface area contributed by atoms with E-state index in [1.807, 2.05) is 0 Å². The maximum atomic E-state index is 11.0. The molecule has 0 atom stereocenters. The average molecular weight is 169 g/mol. The molecular weight excluding hydrogens is 150 g/mol. The Balaban J connectivity index is 2.44. The molecule has 2 heteroatoms. The number of nitrogens with zero attached hydrogens (tertiary/aromatic N) is 1. The van der Waals surface area contributed by atoms with Gasteiger partial charge in [0.1, 0.15) is 5.78 Å². The molecule has 0 radical (unpaired) electrons. The van der Waals surface area contributed by atoms with Crippen LogP contribution in [0.1, 0.15) is 32.6 Å². The highest BCUT2D eigenvalue weighted by Gasteiger charge is 2.30. The minimum atomic E-state index is 0.386. The van der Waals surface area contributed by atoms with Crippen LogP contribution >= 0.6 is 0 Å². The van der Waals surface area contributed by atoms with Crippen LogP contribution in [0, 0.1) is 5.41 Å². The first-order chi connectivity index (χ1) is 5.52. The van der Waals surface area contributed by atoms with Gasteiger partial charge in [-0.25, -0.2) is 0 Å². The number of rotatable bonds is 2. The Morgan fingerprint density at radius 1 is 1.33 bits per heavy atom. The Bertz CT molecular complexity index is 165. The van der Waals surface area contributed by atoms with Crippen molar-refractivity contribution in [3.63, 3.8) is 0 Å². The summed E-state index contributed by atoms with van der Waals surface area (Å²) < 4.78 is 0. The third kappa shape index (κ3) is 2.59. The van der Waals surface area contributed by atoms with Crippen molar-refractivity contribution in [2.45, 2.75) is 32.6 Å². The lowest BCUT2D eigenvalue weighted by Crippen LogP contribution is -2.34. The van der Waals surface area contributed by atoms with Crippen LogP contribution in [-0.2, 0) is 4.79 Å². The SMILES string of the molecule is CN(C)CC1(C)CCC(=O)CC1. The lowest BCUT2D eigenvalue weighted by atomic mass is 9.75. The van der Waals surface area contributed by atoms with Crippen molar-refractivity contribution in [3.05, 3.63) is 0 Å². The molecule has 12 heavy (non-hydrogen) atoms. The average Bonchev–Trinajstić information content (AvgIpc) is 1.94. The van der Waals surface area contributed by atoms with Crippen LogP contribution in [0.4, 0.5) is 0 Å². The molecule has 1 rings (SSSR count). The summed E-state index contributed by atoms with van der Waals surface area (Å²) >= 11 is 0. The third-order valence-electron chi connectivity index (χ3n) is 2.71. The van der Waals surface area contributed by atoms with Crippen molar-refractivity contribution in [3.8, 4) is 0 Å². The van der Waals surface area contributed by atoms with Crippen molar-refractivity contribution in [1.82, 2.24) is 4.90 Å². The van der Waals surface area contributed by atoms with E-state index in [0.717, 1.165) is 32.2 Å². The molecule has 70 valence electrons. The number of Topliss-reactive ketones (excluding diaryl/α,β-unsaturated/α-hetero) is 1. The first kappa shape index (κ1) is 9.72. The number of carbonyl (C=O) groups excluding carboxylic acids is 1. The van der Waals surface area contributed by atoms with Crippen LogP contribution in [0.5, 0.6) is 0 Å². The molecule has 0 aliphatic heterocycles. The molecule has 0 unspecified atom stereocenters. The summed E-state index contributed by atoms with van der Waals surface area (Å²) in [6.45, 7) is 3.40. The van der Waals surface area contributed by atoms with E-state index in [0.29, 0.717) is 11.2 Å². The minimum absolute atomic E-state index is 0.386. The molecule has 2 nitrogen and oxygen atoms in total. The lowest BCUT2D eigenvalue weighted by Gasteiger charge is -2.35. The van der Waals surface area contributed by atoms with E-state index < -0.39 is 0 Å². The predicted octanol–water partition coefficient (Wildman–Crippen LogP) is 1.70. The number of carbonyl (C=O) groups is 1. The van der Waals surface area contributed by atoms with Crippen molar-refractivity contribution >= 4 is 5.78 Å². The quantitative estimate of drug-likeness (QED) is 0.627. The van der Waals surface area contributed by atoms with E-state index in [9.17, 15) is 4.79 Å². The Labute approximate surface area is 74.9 Å². The fourth-order valence-electron chi connectivity index (χ4n) is 2.05. The zero-order chi connectivity index (χ0) is 9.19. The maximum absolute atomic E-state index is 11.0. The van der Waals surface area contributed by atoms with Crippen LogP contribution in [0.3, 0.4) is 0 Å². The molecule has 0 saturated heterocycles. The van der Waals surface area contributed by atoms with Gasteiger partial charge in [0, 0.05) is 19.4 Å². The van der Waals surface area contributed by atoms with E-state index >= 15 is 0 Å². The Morgan fingerprint density at radius 3 is 2.25 bits per heavy atom. The highest BCUT2D eigenvalue weighted by atomic mass is 16.1. The second-order valence-corrected chi connectivity index (χ2v) is 4.59. The third-order valence-corrected chi connectivity index (χ3v) is 2.71. The summed E-state index contributed by atoms with van der Waals surface area (Å²) in [6.07, 6.45) is 3.74. The van der Waals surface area contributed by atoms with Crippen molar-refractivity contribution in [1.29, 1.82) is 0 Å². The molecule has 0 aromatic rings. The zero-order valence-corrected chi connectivity index (χ0v) is 8.39. The molecule has 0 amide bonds. The van der Waals surface area contributed by atoms with Crippen LogP contribution in [0.15, 0.2) is 0 Å². The topological polar surface area (TPSA) is 20.3 Å². The van der Waals surface area contributed by atoms with Gasteiger partial charge in [0.15, 0.2) is 0 Å². The van der Waals surface area contributed by atoms with Crippen molar-refractivity contribution < 1.29 is 4.79 Å². The molecule has 0 aromatic heterocycles. The molecule has 1 aliphatic rings. The molecule has 1 fully saturated rings. The predicted molar refractivity (Wildman–Crippen MR) is 50.1 cm³/mol. The van der Waals surface area contributed by atoms with Gasteiger partial charge in [-0.1, -0.05) is 6.92 Å². The zero-order valence-electron chi connectivity index (χ0n) is 8.39. The molecule has 0 aromatic carbocycles. The maximum Gasteiger partial charge on any atom is 0.132 e. The summed E-state index contributed by atoms with van der Waals surface area (Å²) in [5.74, 6) is 0.450. The second-order valence-electron chi connectivity index (χ2n) is 4.59. The Morgan fingerprint density at radius 2 is 1.83 bits per heavy atom. The summed E-state index contributed by atoms with van der Waals surface area (Å²) in [5, 5.41) is 0. The molecular formula is C10H19NO. The largest absolute Gasteiger partial charge is 0.309 e. The van der Waals surface area contributed by atoms with Crippen LogP contribution in [0.25, 0.3) is 0 Å². The summed E-state index contributed by atoms with van der Waals surface area (Å²) in [6, 6.07) is 0. The van der Waals surface area contributed by atoms with Crippen molar-refractivity contribution in [2.24, 2.45) is 5.41 Å². The van der Waals surface area contributed by atoms with Gasteiger partial charge in [-0.3, -0.25) is 4.79 Å². The van der Waals surface area contributed by atoms with Gasteiger partial charge in [-0.15, -0.1) is 0 Å². The summed E-state index contributed by atoms with van der Waals surface area (Å²) in [5.41, 5.74) is 0.386. The van der Waals surface area contributed by atoms with Gasteiger partial charge < -0.3 is 4.90 Å². The minimum Gasteiger partial charge on any atom is -0.309 e. The molecule has 0 heterocycles. The van der Waals surface area contributed by atoms with Crippen LogP contribution in [0.2, 0.25) is 0 Å². The number of hydrogen-bond donors (Lipinski definition) is 0. The van der Waals surface area contributed by atoms with Gasteiger partial charge in [0.2, 0.25) is 0 Å². The fraction of sp³-hybridized carbons (Fsp3) is 0.900. The summed E-state index contributed by atoms with van der Waals surface area (Å²) in [7, 11) is 4.20. The molecule has 1 aliphatic carbocycles. The second kappa shape index (κ2) is 3.56. The van der Waals surface area contributed by atoms with Gasteiger partial charge in [0.05, 0.1) is 0 Å². The first-order valence-corrected chi connectivity index (χ1v) is 4.68. The Kier molecular flexibility index (Phi) is 2.89. The van der Waals surface area contributed by atoms with E-state index in [2.05, 4.69) is 25.9 Å². The number of hydrogen-bond acceptors (Lipinski definition) is 2.